The van der Waals surface area contributed by atoms with Crippen LogP contribution in [0, 0.1) is 0 Å². The fourth-order valence-electron chi connectivity index (χ4n) is 2.14. The van der Waals surface area contributed by atoms with E-state index in [2.05, 4.69) is 26.2 Å². The molecule has 1 aromatic rings. The van der Waals surface area contributed by atoms with Crippen LogP contribution in [-0.4, -0.2) is 50.1 Å². The van der Waals surface area contributed by atoms with Crippen molar-refractivity contribution < 1.29 is 13.2 Å². The van der Waals surface area contributed by atoms with E-state index in [1.807, 2.05) is 13.8 Å². The molecule has 0 radical (unpaired) electrons. The van der Waals surface area contributed by atoms with Gasteiger partial charge in [-0.1, -0.05) is 6.92 Å². The number of anilines is 1. The van der Waals surface area contributed by atoms with Gasteiger partial charge in [0.05, 0.1) is 12.7 Å². The maximum absolute atomic E-state index is 12.8. The number of ether oxygens (including phenoxy) is 1. The van der Waals surface area contributed by atoms with Crippen LogP contribution in [0.4, 0.5) is 5.82 Å². The number of halogens is 1. The smallest absolute Gasteiger partial charge is 0.246 e. The predicted octanol–water partition coefficient (Wildman–Crippen LogP) is 2.08. The van der Waals surface area contributed by atoms with Gasteiger partial charge in [0.25, 0.3) is 0 Å². The summed E-state index contributed by atoms with van der Waals surface area (Å²) in [5, 5.41) is 3.08. The van der Waals surface area contributed by atoms with Crippen LogP contribution < -0.4 is 5.32 Å². The van der Waals surface area contributed by atoms with Gasteiger partial charge >= 0.3 is 0 Å². The Labute approximate surface area is 134 Å². The van der Waals surface area contributed by atoms with Crippen LogP contribution in [0.1, 0.15) is 20.3 Å². The molecule has 0 amide bonds. The fourth-order valence-corrected chi connectivity index (χ4v) is 4.26. The van der Waals surface area contributed by atoms with Gasteiger partial charge in [-0.05, 0) is 35.3 Å². The van der Waals surface area contributed by atoms with Crippen LogP contribution in [0.25, 0.3) is 0 Å². The molecule has 0 bridgehead atoms. The Bertz CT molecular complexity index is 594. The lowest BCUT2D eigenvalue weighted by atomic mass is 10.3. The zero-order valence-electron chi connectivity index (χ0n) is 12.2. The van der Waals surface area contributed by atoms with E-state index in [1.165, 1.54) is 4.31 Å². The van der Waals surface area contributed by atoms with Crippen LogP contribution in [0.3, 0.4) is 0 Å². The summed E-state index contributed by atoms with van der Waals surface area (Å²) in [6.07, 6.45) is 2.39. The standard InChI is InChI=1S/C13H20BrN3O3S/c1-3-4-15-13-12(7-11(14)8-16-13)21(18,19)17-5-6-20-10(2)9-17/h7-8,10H,3-6,9H2,1-2H3,(H,15,16). The molecule has 1 atom stereocenters. The van der Waals surface area contributed by atoms with Gasteiger partial charge in [-0.2, -0.15) is 4.31 Å². The van der Waals surface area contributed by atoms with Crippen molar-refractivity contribution in [2.75, 3.05) is 31.6 Å². The summed E-state index contributed by atoms with van der Waals surface area (Å²) in [6, 6.07) is 1.60. The lowest BCUT2D eigenvalue weighted by molar-refractivity contribution is 0.0102. The van der Waals surface area contributed by atoms with Gasteiger partial charge in [-0.15, -0.1) is 0 Å². The molecule has 1 aliphatic heterocycles. The minimum absolute atomic E-state index is 0.0966. The van der Waals surface area contributed by atoms with E-state index in [1.54, 1.807) is 12.3 Å². The molecule has 2 rings (SSSR count). The van der Waals surface area contributed by atoms with E-state index < -0.39 is 10.0 Å². The van der Waals surface area contributed by atoms with E-state index in [0.29, 0.717) is 36.5 Å². The Morgan fingerprint density at radius 3 is 3.00 bits per heavy atom. The SMILES string of the molecule is CCCNc1ncc(Br)cc1S(=O)(=O)N1CCOC(C)C1. The molecule has 0 saturated carbocycles. The highest BCUT2D eigenvalue weighted by Gasteiger charge is 2.31. The van der Waals surface area contributed by atoms with Gasteiger partial charge in [0.1, 0.15) is 10.7 Å². The molecule has 2 heterocycles. The van der Waals surface area contributed by atoms with Crippen molar-refractivity contribution in [2.24, 2.45) is 0 Å². The van der Waals surface area contributed by atoms with Gasteiger partial charge in [-0.25, -0.2) is 13.4 Å². The summed E-state index contributed by atoms with van der Waals surface area (Å²) in [5.41, 5.74) is 0. The largest absolute Gasteiger partial charge is 0.376 e. The maximum atomic E-state index is 12.8. The third-order valence-electron chi connectivity index (χ3n) is 3.18. The van der Waals surface area contributed by atoms with Gasteiger partial charge in [-0.3, -0.25) is 0 Å². The van der Waals surface area contributed by atoms with Crippen molar-refractivity contribution >= 4 is 31.8 Å². The average molecular weight is 378 g/mol. The summed E-state index contributed by atoms with van der Waals surface area (Å²) >= 11 is 3.29. The molecule has 1 aromatic heterocycles. The van der Waals surface area contributed by atoms with E-state index >= 15 is 0 Å². The lowest BCUT2D eigenvalue weighted by Crippen LogP contribution is -2.44. The van der Waals surface area contributed by atoms with E-state index in [4.69, 9.17) is 4.74 Å². The number of pyridine rings is 1. The first-order valence-corrected chi connectivity index (χ1v) is 9.19. The number of nitrogens with zero attached hydrogens (tertiary/aromatic N) is 2. The maximum Gasteiger partial charge on any atom is 0.246 e. The van der Waals surface area contributed by atoms with Crippen molar-refractivity contribution in [3.05, 3.63) is 16.7 Å². The van der Waals surface area contributed by atoms with E-state index in [9.17, 15) is 8.42 Å². The molecule has 0 aromatic carbocycles. The first kappa shape index (κ1) is 16.7. The van der Waals surface area contributed by atoms with Crippen LogP contribution in [-0.2, 0) is 14.8 Å². The van der Waals surface area contributed by atoms with Crippen molar-refractivity contribution in [1.82, 2.24) is 9.29 Å². The van der Waals surface area contributed by atoms with Crippen molar-refractivity contribution in [2.45, 2.75) is 31.3 Å². The second-order valence-corrected chi connectivity index (χ2v) is 7.79. The second-order valence-electron chi connectivity index (χ2n) is 4.97. The molecule has 8 heteroatoms. The molecule has 118 valence electrons. The van der Waals surface area contributed by atoms with Gasteiger partial charge in [0.15, 0.2) is 0 Å². The Balaban J connectivity index is 2.35. The molecule has 1 unspecified atom stereocenters. The van der Waals surface area contributed by atoms with Crippen molar-refractivity contribution in [3.63, 3.8) is 0 Å². The molecular weight excluding hydrogens is 358 g/mol. The van der Waals surface area contributed by atoms with E-state index in [0.717, 1.165) is 6.42 Å². The summed E-state index contributed by atoms with van der Waals surface area (Å²) in [6.45, 7) is 5.71. The van der Waals surface area contributed by atoms with Crippen LogP contribution in [0.2, 0.25) is 0 Å². The summed E-state index contributed by atoms with van der Waals surface area (Å²) in [7, 11) is -3.58. The highest BCUT2D eigenvalue weighted by atomic mass is 79.9. The van der Waals surface area contributed by atoms with Gasteiger partial charge < -0.3 is 10.1 Å². The topological polar surface area (TPSA) is 71.5 Å². The monoisotopic (exact) mass is 377 g/mol. The number of hydrogen-bond donors (Lipinski definition) is 1. The van der Waals surface area contributed by atoms with Crippen molar-refractivity contribution in [1.29, 1.82) is 0 Å². The number of hydrogen-bond acceptors (Lipinski definition) is 5. The molecule has 1 fully saturated rings. The molecule has 6 nitrogen and oxygen atoms in total. The minimum atomic E-state index is -3.58. The molecule has 21 heavy (non-hydrogen) atoms. The normalized spacial score (nSPS) is 20.4. The van der Waals surface area contributed by atoms with Crippen LogP contribution in [0.15, 0.2) is 21.6 Å². The fraction of sp³-hybridized carbons (Fsp3) is 0.615. The third-order valence-corrected chi connectivity index (χ3v) is 5.50. The number of sulfonamides is 1. The minimum Gasteiger partial charge on any atom is -0.376 e. The lowest BCUT2D eigenvalue weighted by Gasteiger charge is -2.30. The molecule has 0 aliphatic carbocycles. The highest BCUT2D eigenvalue weighted by molar-refractivity contribution is 9.10. The summed E-state index contributed by atoms with van der Waals surface area (Å²) < 4.78 is 33.2. The van der Waals surface area contributed by atoms with Crippen LogP contribution in [0.5, 0.6) is 0 Å². The Morgan fingerprint density at radius 1 is 1.57 bits per heavy atom. The average Bonchev–Trinajstić information content (AvgIpc) is 2.46. The highest BCUT2D eigenvalue weighted by Crippen LogP contribution is 2.27. The zero-order chi connectivity index (χ0) is 15.5. The zero-order valence-corrected chi connectivity index (χ0v) is 14.6. The first-order valence-electron chi connectivity index (χ1n) is 6.96. The number of nitrogens with one attached hydrogen (secondary N) is 1. The Kier molecular flexibility index (Phi) is 5.59. The van der Waals surface area contributed by atoms with Gasteiger partial charge in [0, 0.05) is 30.3 Å². The number of rotatable bonds is 5. The quantitative estimate of drug-likeness (QED) is 0.850. The third kappa shape index (κ3) is 3.94. The number of aromatic nitrogens is 1. The Morgan fingerprint density at radius 2 is 2.33 bits per heavy atom. The molecule has 0 spiro atoms. The van der Waals surface area contributed by atoms with Crippen LogP contribution >= 0.6 is 15.9 Å². The second kappa shape index (κ2) is 7.04. The van der Waals surface area contributed by atoms with Gasteiger partial charge in [0.2, 0.25) is 10.0 Å². The summed E-state index contributed by atoms with van der Waals surface area (Å²) in [5.74, 6) is 0.402. The first-order chi connectivity index (χ1) is 9.95. The van der Waals surface area contributed by atoms with E-state index in [-0.39, 0.29) is 11.0 Å². The Hall–Kier alpha value is -0.700. The molecule has 1 N–H and O–H groups in total. The molecule has 1 saturated heterocycles. The molecular formula is C13H20BrN3O3S. The molecule has 1 aliphatic rings. The summed E-state index contributed by atoms with van der Waals surface area (Å²) in [4.78, 5) is 4.41. The number of morpholine rings is 1. The predicted molar refractivity (Wildman–Crippen MR) is 84.9 cm³/mol. The van der Waals surface area contributed by atoms with Crippen molar-refractivity contribution in [3.8, 4) is 0 Å².